The van der Waals surface area contributed by atoms with E-state index in [4.69, 9.17) is 10.5 Å². The molecule has 0 spiro atoms. The monoisotopic (exact) mass is 147 g/mol. The van der Waals surface area contributed by atoms with E-state index in [0.29, 0.717) is 12.3 Å². The van der Waals surface area contributed by atoms with E-state index in [0.717, 1.165) is 0 Å². The zero-order valence-electron chi connectivity index (χ0n) is 6.43. The molecule has 0 aliphatic rings. The van der Waals surface area contributed by atoms with Crippen molar-refractivity contribution in [1.82, 2.24) is 0 Å². The van der Waals surface area contributed by atoms with E-state index in [2.05, 4.69) is 0 Å². The highest BCUT2D eigenvalue weighted by Crippen LogP contribution is 2.00. The Kier molecular flexibility index (Phi) is 4.94. The number of allylic oxidation sites excluding steroid dienone is 1. The van der Waals surface area contributed by atoms with Crippen LogP contribution >= 0.6 is 0 Å². The second-order valence-electron chi connectivity index (χ2n) is 2.04. The Labute approximate surface area is 60.9 Å². The van der Waals surface area contributed by atoms with Crippen LogP contribution in [0, 0.1) is 0 Å². The fourth-order valence-corrected chi connectivity index (χ4v) is 0.524. The zero-order chi connectivity index (χ0) is 7.98. The summed E-state index contributed by atoms with van der Waals surface area (Å²) in [5.74, 6) is 0.644. The van der Waals surface area contributed by atoms with Gasteiger partial charge in [0, 0.05) is 0 Å². The summed E-state index contributed by atoms with van der Waals surface area (Å²) in [5, 5.41) is 0. The van der Waals surface area contributed by atoms with E-state index in [-0.39, 0.29) is 6.10 Å². The number of halogens is 1. The van der Waals surface area contributed by atoms with Crippen LogP contribution in [-0.4, -0.2) is 19.3 Å². The Balaban J connectivity index is 3.64. The molecule has 0 aromatic carbocycles. The molecule has 0 rings (SSSR count). The number of rotatable bonds is 4. The number of nitrogens with two attached hydrogens (primary N) is 1. The van der Waals surface area contributed by atoms with Crippen molar-refractivity contribution >= 4 is 0 Å². The van der Waals surface area contributed by atoms with Gasteiger partial charge in [-0.1, -0.05) is 0 Å². The molecule has 0 aromatic rings. The van der Waals surface area contributed by atoms with E-state index >= 15 is 0 Å². The fraction of sp³-hybridized carbons (Fsp3) is 0.714. The van der Waals surface area contributed by atoms with Gasteiger partial charge in [-0.2, -0.15) is 0 Å². The summed E-state index contributed by atoms with van der Waals surface area (Å²) in [7, 11) is 0. The molecule has 60 valence electrons. The highest BCUT2D eigenvalue weighted by atomic mass is 19.1. The standard InChI is InChI=1S/C7H14FNO/c1-3-7(5-9)10-6(2)4-8/h3,6H,4-5,9H2,1-2H3. The maximum Gasteiger partial charge on any atom is 0.126 e. The normalized spacial score (nSPS) is 15.0. The predicted molar refractivity (Wildman–Crippen MR) is 39.3 cm³/mol. The van der Waals surface area contributed by atoms with Gasteiger partial charge in [0.15, 0.2) is 0 Å². The third kappa shape index (κ3) is 3.45. The highest BCUT2D eigenvalue weighted by molar-refractivity contribution is 4.92. The summed E-state index contributed by atoms with van der Waals surface area (Å²) in [6, 6.07) is 0. The molecular weight excluding hydrogens is 133 g/mol. The molecule has 0 saturated heterocycles. The van der Waals surface area contributed by atoms with Crippen LogP contribution < -0.4 is 5.73 Å². The molecule has 0 amide bonds. The molecule has 2 N–H and O–H groups in total. The van der Waals surface area contributed by atoms with Crippen molar-refractivity contribution in [3.63, 3.8) is 0 Å². The molecule has 0 aliphatic heterocycles. The number of hydrogen-bond donors (Lipinski definition) is 1. The number of alkyl halides is 1. The van der Waals surface area contributed by atoms with Gasteiger partial charge in [0.25, 0.3) is 0 Å². The smallest absolute Gasteiger partial charge is 0.126 e. The molecule has 1 atom stereocenters. The van der Waals surface area contributed by atoms with Crippen molar-refractivity contribution in [3.8, 4) is 0 Å². The Morgan fingerprint density at radius 2 is 2.40 bits per heavy atom. The molecule has 0 aromatic heterocycles. The van der Waals surface area contributed by atoms with Crippen LogP contribution in [0.1, 0.15) is 13.8 Å². The van der Waals surface area contributed by atoms with Gasteiger partial charge in [0.2, 0.25) is 0 Å². The summed E-state index contributed by atoms with van der Waals surface area (Å²) in [6.45, 7) is 3.34. The van der Waals surface area contributed by atoms with Crippen molar-refractivity contribution < 1.29 is 9.13 Å². The summed E-state index contributed by atoms with van der Waals surface area (Å²) < 4.78 is 16.9. The summed E-state index contributed by atoms with van der Waals surface area (Å²) in [5.41, 5.74) is 5.27. The van der Waals surface area contributed by atoms with E-state index in [9.17, 15) is 4.39 Å². The first-order valence-corrected chi connectivity index (χ1v) is 3.32. The summed E-state index contributed by atoms with van der Waals surface area (Å²) >= 11 is 0. The van der Waals surface area contributed by atoms with E-state index in [1.54, 1.807) is 13.0 Å². The van der Waals surface area contributed by atoms with Gasteiger partial charge in [0.05, 0.1) is 6.54 Å². The Hall–Kier alpha value is -0.570. The minimum atomic E-state index is -0.475. The minimum Gasteiger partial charge on any atom is -0.491 e. The summed E-state index contributed by atoms with van der Waals surface area (Å²) in [4.78, 5) is 0. The molecule has 0 radical (unpaired) electrons. The SMILES string of the molecule is CC=C(CN)OC(C)CF. The average Bonchev–Trinajstić information content (AvgIpc) is 1.99. The second-order valence-corrected chi connectivity index (χ2v) is 2.04. The van der Waals surface area contributed by atoms with Crippen molar-refractivity contribution in [2.45, 2.75) is 20.0 Å². The maximum atomic E-state index is 11.8. The maximum absolute atomic E-state index is 11.8. The Bertz CT molecular complexity index is 114. The van der Waals surface area contributed by atoms with Gasteiger partial charge in [0.1, 0.15) is 18.5 Å². The van der Waals surface area contributed by atoms with Crippen molar-refractivity contribution in [2.75, 3.05) is 13.2 Å². The first-order valence-electron chi connectivity index (χ1n) is 3.32. The molecule has 0 heterocycles. The molecule has 3 heteroatoms. The van der Waals surface area contributed by atoms with Gasteiger partial charge in [-0.25, -0.2) is 4.39 Å². The molecule has 0 saturated carbocycles. The molecule has 0 aliphatic carbocycles. The van der Waals surface area contributed by atoms with Crippen LogP contribution in [0.25, 0.3) is 0 Å². The lowest BCUT2D eigenvalue weighted by atomic mass is 10.4. The van der Waals surface area contributed by atoms with Gasteiger partial charge in [-0.15, -0.1) is 0 Å². The predicted octanol–water partition coefficient (Wildman–Crippen LogP) is 1.22. The lowest BCUT2D eigenvalue weighted by Crippen LogP contribution is -2.15. The van der Waals surface area contributed by atoms with Gasteiger partial charge in [-0.3, -0.25) is 0 Å². The highest BCUT2D eigenvalue weighted by Gasteiger charge is 2.01. The lowest BCUT2D eigenvalue weighted by molar-refractivity contribution is 0.104. The Morgan fingerprint density at radius 3 is 2.70 bits per heavy atom. The summed E-state index contributed by atoms with van der Waals surface area (Å²) in [6.07, 6.45) is 1.36. The van der Waals surface area contributed by atoms with Gasteiger partial charge < -0.3 is 10.5 Å². The minimum absolute atomic E-state index is 0.334. The van der Waals surface area contributed by atoms with Crippen molar-refractivity contribution in [2.24, 2.45) is 5.73 Å². The molecular formula is C7H14FNO. The Morgan fingerprint density at radius 1 is 1.80 bits per heavy atom. The third-order valence-corrected chi connectivity index (χ3v) is 1.09. The van der Waals surface area contributed by atoms with Gasteiger partial charge >= 0.3 is 0 Å². The molecule has 2 nitrogen and oxygen atoms in total. The van der Waals surface area contributed by atoms with Gasteiger partial charge in [-0.05, 0) is 19.9 Å². The van der Waals surface area contributed by atoms with Crippen LogP contribution in [0.5, 0.6) is 0 Å². The molecule has 10 heavy (non-hydrogen) atoms. The van der Waals surface area contributed by atoms with E-state index in [1.165, 1.54) is 0 Å². The van der Waals surface area contributed by atoms with Crippen LogP contribution in [-0.2, 0) is 4.74 Å². The largest absolute Gasteiger partial charge is 0.491 e. The zero-order valence-corrected chi connectivity index (χ0v) is 6.43. The third-order valence-electron chi connectivity index (χ3n) is 1.09. The van der Waals surface area contributed by atoms with E-state index < -0.39 is 6.67 Å². The molecule has 0 fully saturated rings. The lowest BCUT2D eigenvalue weighted by Gasteiger charge is -2.12. The average molecular weight is 147 g/mol. The first kappa shape index (κ1) is 9.43. The quantitative estimate of drug-likeness (QED) is 0.607. The van der Waals surface area contributed by atoms with Crippen molar-refractivity contribution in [1.29, 1.82) is 0 Å². The fourth-order valence-electron chi connectivity index (χ4n) is 0.524. The van der Waals surface area contributed by atoms with Crippen LogP contribution in [0.2, 0.25) is 0 Å². The van der Waals surface area contributed by atoms with Crippen molar-refractivity contribution in [3.05, 3.63) is 11.8 Å². The molecule has 0 bridgehead atoms. The number of hydrogen-bond acceptors (Lipinski definition) is 2. The topological polar surface area (TPSA) is 35.2 Å². The van der Waals surface area contributed by atoms with Crippen LogP contribution in [0.15, 0.2) is 11.8 Å². The molecule has 1 unspecified atom stereocenters. The number of ether oxygens (including phenoxy) is 1. The van der Waals surface area contributed by atoms with Crippen LogP contribution in [0.3, 0.4) is 0 Å². The van der Waals surface area contributed by atoms with Crippen LogP contribution in [0.4, 0.5) is 4.39 Å². The first-order chi connectivity index (χ1) is 4.74. The van der Waals surface area contributed by atoms with E-state index in [1.807, 2.05) is 6.92 Å². The second kappa shape index (κ2) is 5.23.